The molecule has 0 aliphatic carbocycles. The van der Waals surface area contributed by atoms with Gasteiger partial charge in [-0.2, -0.15) is 9.40 Å². The summed E-state index contributed by atoms with van der Waals surface area (Å²) in [5, 5.41) is 13.1. The van der Waals surface area contributed by atoms with Crippen LogP contribution in [0.2, 0.25) is 0 Å². The highest BCUT2D eigenvalue weighted by molar-refractivity contribution is 7.89. The molecule has 2 aromatic heterocycles. The third kappa shape index (κ3) is 3.71. The highest BCUT2D eigenvalue weighted by Gasteiger charge is 2.33. The van der Waals surface area contributed by atoms with Crippen LogP contribution in [-0.4, -0.2) is 72.0 Å². The number of aryl methyl sites for hydroxylation is 2. The van der Waals surface area contributed by atoms with Crippen molar-refractivity contribution < 1.29 is 8.42 Å². The van der Waals surface area contributed by atoms with Crippen molar-refractivity contribution in [3.63, 3.8) is 0 Å². The number of rotatable bonds is 5. The van der Waals surface area contributed by atoms with Crippen molar-refractivity contribution in [1.82, 2.24) is 24.3 Å². The summed E-state index contributed by atoms with van der Waals surface area (Å²) in [6, 6.07) is 4.01. The molecule has 0 amide bonds. The van der Waals surface area contributed by atoms with E-state index in [4.69, 9.17) is 0 Å². The second kappa shape index (κ2) is 7.91. The molecular weight excluding hydrogens is 390 g/mol. The van der Waals surface area contributed by atoms with Crippen molar-refractivity contribution in [3.05, 3.63) is 23.5 Å². The Morgan fingerprint density at radius 2 is 1.45 bits per heavy atom. The number of piperazine rings is 1. The minimum Gasteiger partial charge on any atom is -0.355 e. The Labute approximate surface area is 172 Å². The predicted octanol–water partition coefficient (Wildman–Crippen LogP) is 1.42. The fraction of sp³-hybridized carbons (Fsp3) is 0.632. The maximum Gasteiger partial charge on any atom is 0.246 e. The van der Waals surface area contributed by atoms with E-state index in [-0.39, 0.29) is 0 Å². The van der Waals surface area contributed by atoms with Gasteiger partial charge in [0, 0.05) is 45.8 Å². The zero-order valence-electron chi connectivity index (χ0n) is 17.4. The molecule has 2 aromatic rings. The van der Waals surface area contributed by atoms with Crippen molar-refractivity contribution in [2.75, 3.05) is 49.1 Å². The third-order valence-corrected chi connectivity index (χ3v) is 7.99. The van der Waals surface area contributed by atoms with Crippen molar-refractivity contribution in [2.45, 2.75) is 45.1 Å². The quantitative estimate of drug-likeness (QED) is 0.724. The van der Waals surface area contributed by atoms with E-state index >= 15 is 0 Å². The second-order valence-electron chi connectivity index (χ2n) is 7.65. The van der Waals surface area contributed by atoms with Gasteiger partial charge in [-0.1, -0.05) is 0 Å². The first-order valence-electron chi connectivity index (χ1n) is 10.3. The first kappa shape index (κ1) is 20.1. The molecule has 0 saturated carbocycles. The zero-order chi connectivity index (χ0) is 20.6. The fourth-order valence-electron chi connectivity index (χ4n) is 4.25. The van der Waals surface area contributed by atoms with Crippen LogP contribution in [-0.2, 0) is 16.6 Å². The number of anilines is 2. The molecule has 4 heterocycles. The van der Waals surface area contributed by atoms with E-state index in [0.717, 1.165) is 24.7 Å². The third-order valence-electron chi connectivity index (χ3n) is 5.84. The average molecular weight is 420 g/mol. The summed E-state index contributed by atoms with van der Waals surface area (Å²) >= 11 is 0. The smallest absolute Gasteiger partial charge is 0.246 e. The van der Waals surface area contributed by atoms with Gasteiger partial charge in [0.25, 0.3) is 0 Å². The monoisotopic (exact) mass is 419 g/mol. The number of hydrogen-bond acceptors (Lipinski definition) is 7. The van der Waals surface area contributed by atoms with Crippen LogP contribution in [0.5, 0.6) is 0 Å². The maximum atomic E-state index is 13.2. The number of nitrogens with zero attached hydrogens (tertiary/aromatic N) is 7. The zero-order valence-corrected chi connectivity index (χ0v) is 18.2. The minimum atomic E-state index is -3.56. The van der Waals surface area contributed by atoms with Gasteiger partial charge in [-0.05, 0) is 45.7 Å². The van der Waals surface area contributed by atoms with Crippen LogP contribution in [0.15, 0.2) is 17.0 Å². The molecule has 10 heteroatoms. The molecule has 0 radical (unpaired) electrons. The Kier molecular flexibility index (Phi) is 5.48. The van der Waals surface area contributed by atoms with Gasteiger partial charge in [-0.15, -0.1) is 10.2 Å². The lowest BCUT2D eigenvalue weighted by Crippen LogP contribution is -2.49. The van der Waals surface area contributed by atoms with Gasteiger partial charge < -0.3 is 9.80 Å². The van der Waals surface area contributed by atoms with Gasteiger partial charge in [0.2, 0.25) is 10.0 Å². The van der Waals surface area contributed by atoms with Crippen molar-refractivity contribution >= 4 is 21.7 Å². The molecule has 0 bridgehead atoms. The van der Waals surface area contributed by atoms with Crippen LogP contribution < -0.4 is 9.80 Å². The van der Waals surface area contributed by atoms with E-state index in [1.54, 1.807) is 15.9 Å². The number of hydrogen-bond donors (Lipinski definition) is 0. The van der Waals surface area contributed by atoms with Crippen LogP contribution in [0.4, 0.5) is 11.6 Å². The van der Waals surface area contributed by atoms with Gasteiger partial charge in [-0.3, -0.25) is 4.68 Å². The van der Waals surface area contributed by atoms with E-state index in [2.05, 4.69) is 25.1 Å². The Morgan fingerprint density at radius 1 is 0.897 bits per heavy atom. The van der Waals surface area contributed by atoms with Crippen molar-refractivity contribution in [3.8, 4) is 0 Å². The van der Waals surface area contributed by atoms with E-state index in [0.29, 0.717) is 49.0 Å². The first-order valence-corrected chi connectivity index (χ1v) is 11.7. The molecule has 0 spiro atoms. The lowest BCUT2D eigenvalue weighted by Gasteiger charge is -2.34. The van der Waals surface area contributed by atoms with Gasteiger partial charge in [-0.25, -0.2) is 8.42 Å². The van der Waals surface area contributed by atoms with Crippen LogP contribution in [0.1, 0.15) is 31.2 Å². The van der Waals surface area contributed by atoms with Crippen LogP contribution >= 0.6 is 0 Å². The molecule has 29 heavy (non-hydrogen) atoms. The van der Waals surface area contributed by atoms with Gasteiger partial charge in [0.05, 0.1) is 11.4 Å². The number of sulfonamides is 1. The first-order chi connectivity index (χ1) is 13.9. The van der Waals surface area contributed by atoms with E-state index in [1.807, 2.05) is 26.0 Å². The predicted molar refractivity (Wildman–Crippen MR) is 112 cm³/mol. The summed E-state index contributed by atoms with van der Waals surface area (Å²) in [6.45, 7) is 10.3. The second-order valence-corrected chi connectivity index (χ2v) is 9.53. The topological polar surface area (TPSA) is 87.5 Å². The highest BCUT2D eigenvalue weighted by atomic mass is 32.2. The molecule has 9 nitrogen and oxygen atoms in total. The highest BCUT2D eigenvalue weighted by Crippen LogP contribution is 2.26. The summed E-state index contributed by atoms with van der Waals surface area (Å²) < 4.78 is 29.7. The molecule has 2 aliphatic heterocycles. The maximum absolute atomic E-state index is 13.2. The lowest BCUT2D eigenvalue weighted by molar-refractivity contribution is 0.383. The summed E-state index contributed by atoms with van der Waals surface area (Å²) in [7, 11) is -3.56. The largest absolute Gasteiger partial charge is 0.355 e. The van der Waals surface area contributed by atoms with Gasteiger partial charge >= 0.3 is 0 Å². The van der Waals surface area contributed by atoms with Crippen molar-refractivity contribution in [2.24, 2.45) is 0 Å². The Morgan fingerprint density at radius 3 is 1.93 bits per heavy atom. The normalized spacial score (nSPS) is 18.6. The molecule has 158 valence electrons. The Balaban J connectivity index is 1.44. The van der Waals surface area contributed by atoms with Crippen LogP contribution in [0.3, 0.4) is 0 Å². The minimum absolute atomic E-state index is 0.350. The van der Waals surface area contributed by atoms with E-state index in [9.17, 15) is 8.42 Å². The molecule has 2 saturated heterocycles. The average Bonchev–Trinajstić information content (AvgIpc) is 3.36. The Hall–Kier alpha value is -2.20. The number of aromatic nitrogens is 4. The molecule has 0 atom stereocenters. The van der Waals surface area contributed by atoms with Gasteiger partial charge in [0.1, 0.15) is 4.90 Å². The molecular formula is C19H29N7O2S. The van der Waals surface area contributed by atoms with E-state index < -0.39 is 10.0 Å². The molecule has 0 aromatic carbocycles. The van der Waals surface area contributed by atoms with E-state index in [1.165, 1.54) is 12.8 Å². The summed E-state index contributed by atoms with van der Waals surface area (Å²) in [6.07, 6.45) is 2.41. The van der Waals surface area contributed by atoms with Crippen molar-refractivity contribution in [1.29, 1.82) is 0 Å². The molecule has 0 unspecified atom stereocenters. The fourth-order valence-corrected chi connectivity index (χ4v) is 6.05. The summed E-state index contributed by atoms with van der Waals surface area (Å²) in [4.78, 5) is 4.70. The van der Waals surface area contributed by atoms with Gasteiger partial charge in [0.15, 0.2) is 11.6 Å². The standard InChI is InChI=1S/C19H29N7O2S/c1-4-26-16(3)19(15(2)22-26)29(27,28)25-13-11-24(12-14-25)18-8-7-17(20-21-18)23-9-5-6-10-23/h7-8H,4-6,9-14H2,1-3H3. The summed E-state index contributed by atoms with van der Waals surface area (Å²) in [5.41, 5.74) is 1.27. The van der Waals surface area contributed by atoms with Crippen LogP contribution in [0.25, 0.3) is 0 Å². The molecule has 2 fully saturated rings. The molecule has 0 N–H and O–H groups in total. The Bertz CT molecular complexity index is 957. The SMILES string of the molecule is CCn1nc(C)c(S(=O)(=O)N2CCN(c3ccc(N4CCCC4)nn3)CC2)c1C. The van der Waals surface area contributed by atoms with Crippen LogP contribution in [0, 0.1) is 13.8 Å². The summed E-state index contributed by atoms with van der Waals surface area (Å²) in [5.74, 6) is 1.72. The molecule has 4 rings (SSSR count). The molecule has 2 aliphatic rings. The lowest BCUT2D eigenvalue weighted by atomic mass is 10.3.